The summed E-state index contributed by atoms with van der Waals surface area (Å²) in [6.07, 6.45) is 0. The molecule has 4 aromatic rings. The summed E-state index contributed by atoms with van der Waals surface area (Å²) in [4.78, 5) is 9.45. The van der Waals surface area contributed by atoms with Gasteiger partial charge in [0.15, 0.2) is 0 Å². The number of aromatic nitrogens is 2. The predicted molar refractivity (Wildman–Crippen MR) is 112 cm³/mol. The lowest BCUT2D eigenvalue weighted by Gasteiger charge is -2.14. The molecule has 0 amide bonds. The van der Waals surface area contributed by atoms with E-state index in [1.54, 1.807) is 0 Å². The van der Waals surface area contributed by atoms with E-state index in [2.05, 4.69) is 48.7 Å². The number of rotatable bonds is 5. The molecule has 4 nitrogen and oxygen atoms in total. The molecule has 0 atom stereocenters. The number of benzene rings is 3. The minimum absolute atomic E-state index is 0.694. The number of anilines is 4. The highest BCUT2D eigenvalue weighted by atomic mass is 15.2. The summed E-state index contributed by atoms with van der Waals surface area (Å²) in [5, 5.41) is 6.77. The maximum Gasteiger partial charge on any atom is 0.0715 e. The Kier molecular flexibility index (Phi) is 4.62. The van der Waals surface area contributed by atoms with Crippen LogP contribution in [0.3, 0.4) is 0 Å². The molecule has 1 heterocycles. The molecule has 3 aromatic carbocycles. The fourth-order valence-electron chi connectivity index (χ4n) is 2.78. The van der Waals surface area contributed by atoms with Crippen molar-refractivity contribution in [3.05, 3.63) is 90.0 Å². The first-order valence-corrected chi connectivity index (χ1v) is 8.95. The monoisotopic (exact) mass is 353 g/mol. The van der Waals surface area contributed by atoms with Gasteiger partial charge >= 0.3 is 0 Å². The molecule has 4 rings (SSSR count). The Hall–Kier alpha value is -3.53. The van der Waals surface area contributed by atoms with Gasteiger partial charge in [-0.1, -0.05) is 77.9 Å². The van der Waals surface area contributed by atoms with Crippen LogP contribution in [0.5, 0.6) is 0 Å². The van der Waals surface area contributed by atoms with Crippen LogP contribution in [0, 0.1) is 13.8 Å². The minimum atomic E-state index is 0.694. The van der Waals surface area contributed by atoms with Crippen molar-refractivity contribution in [3.8, 4) is 11.4 Å². The maximum absolute atomic E-state index is 4.73. The third-order valence-electron chi connectivity index (χ3n) is 4.32. The van der Waals surface area contributed by atoms with Gasteiger partial charge in [-0.25, -0.2) is 0 Å². The molecule has 0 radical (unpaired) electrons. The lowest BCUT2D eigenvalue weighted by molar-refractivity contribution is 1.28. The average Bonchev–Trinajstić information content (AvgIpc) is 3.08. The van der Waals surface area contributed by atoms with Crippen LogP contribution in [0.15, 0.2) is 78.9 Å². The molecular weight excluding hydrogens is 332 g/mol. The van der Waals surface area contributed by atoms with E-state index in [0.29, 0.717) is 17.5 Å². The van der Waals surface area contributed by atoms with Crippen LogP contribution in [0.4, 0.5) is 23.0 Å². The summed E-state index contributed by atoms with van der Waals surface area (Å²) in [5.74, 6) is 2.11. The zero-order chi connectivity index (χ0) is 18.6. The first-order valence-electron chi connectivity index (χ1n) is 8.95. The van der Waals surface area contributed by atoms with Crippen molar-refractivity contribution in [3.63, 3.8) is 0 Å². The molecule has 0 aliphatic heterocycles. The van der Waals surface area contributed by atoms with E-state index in [0.717, 1.165) is 16.9 Å². The number of nitrogens with zero attached hydrogens (tertiary/aromatic N) is 2. The molecule has 0 spiro atoms. The van der Waals surface area contributed by atoms with Gasteiger partial charge in [-0.2, -0.15) is 0 Å². The van der Waals surface area contributed by atoms with E-state index in [-0.39, 0.29) is 0 Å². The third-order valence-corrected chi connectivity index (χ3v) is 4.32. The first kappa shape index (κ1) is 16.9. The van der Waals surface area contributed by atoms with Crippen LogP contribution in [0.1, 0.15) is 11.1 Å². The van der Waals surface area contributed by atoms with Crippen molar-refractivity contribution in [2.45, 2.75) is 13.8 Å². The van der Waals surface area contributed by atoms with Crippen molar-refractivity contribution in [1.82, 2.24) is 9.97 Å². The van der Waals surface area contributed by atoms with Crippen molar-refractivity contribution < 1.29 is 0 Å². The lowest BCUT2D eigenvalue weighted by atomic mass is 10.2. The van der Waals surface area contributed by atoms with Crippen molar-refractivity contribution in [2.75, 3.05) is 10.6 Å². The van der Waals surface area contributed by atoms with E-state index >= 15 is 0 Å². The molecule has 27 heavy (non-hydrogen) atoms. The lowest BCUT2D eigenvalue weighted by Crippen LogP contribution is -1.97. The molecule has 0 aliphatic carbocycles. The van der Waals surface area contributed by atoms with Crippen molar-refractivity contribution in [1.29, 1.82) is 0 Å². The topological polar surface area (TPSA) is 51.1 Å². The maximum atomic E-state index is 4.73. The molecule has 1 aromatic heterocycles. The van der Waals surface area contributed by atoms with Gasteiger partial charge in [0.2, 0.25) is 0 Å². The predicted octanol–water partition coefficient (Wildman–Crippen LogP) is 5.81. The van der Waals surface area contributed by atoms with Crippen LogP contribution in [0.2, 0.25) is 0 Å². The van der Waals surface area contributed by atoms with E-state index in [1.807, 2.05) is 54.6 Å². The highest BCUT2D eigenvalue weighted by molar-refractivity contribution is 5.76. The molecule has 0 saturated carbocycles. The Balaban J connectivity index is 1.69. The van der Waals surface area contributed by atoms with Crippen molar-refractivity contribution in [2.24, 2.45) is 0 Å². The summed E-state index contributed by atoms with van der Waals surface area (Å²) in [6.45, 7) is 4.15. The third kappa shape index (κ3) is 4.01. The Bertz CT molecular complexity index is 951. The average molecular weight is 353 g/mol. The van der Waals surface area contributed by atoms with Gasteiger partial charge in [0, 0.05) is 17.3 Å². The van der Waals surface area contributed by atoms with E-state index in [9.17, 15) is 0 Å². The molecule has 0 bridgehead atoms. The fourth-order valence-corrected chi connectivity index (χ4v) is 2.78. The van der Waals surface area contributed by atoms with Gasteiger partial charge < -0.3 is 20.6 Å². The van der Waals surface area contributed by atoms with Crippen LogP contribution in [0.25, 0.3) is 11.4 Å². The Morgan fingerprint density at radius 1 is 0.667 bits per heavy atom. The van der Waals surface area contributed by atoms with Gasteiger partial charge in [-0.3, -0.25) is 0 Å². The number of hydrogen-bond acceptors (Lipinski definition) is 3. The van der Waals surface area contributed by atoms with Crippen LogP contribution in [-0.2, 0) is 0 Å². The Labute approximate surface area is 159 Å². The summed E-state index contributed by atoms with van der Waals surface area (Å²) < 4.78 is 0. The van der Waals surface area contributed by atoms with Gasteiger partial charge in [-0.15, -0.1) is 0 Å². The van der Waals surface area contributed by atoms with Crippen LogP contribution < -0.4 is 15.6 Å². The Morgan fingerprint density at radius 3 is 1.81 bits per heavy atom. The molecule has 0 unspecified atom stereocenters. The molecule has 2 N–H and O–H groups in total. The zero-order valence-electron chi connectivity index (χ0n) is 15.4. The second-order valence-corrected chi connectivity index (χ2v) is 6.59. The molecule has 0 fully saturated rings. The van der Waals surface area contributed by atoms with Gasteiger partial charge in [0.05, 0.1) is 5.82 Å². The smallest absolute Gasteiger partial charge is 0.0715 e. The van der Waals surface area contributed by atoms with E-state index in [4.69, 9.17) is 9.97 Å². The molecule has 0 aliphatic rings. The van der Waals surface area contributed by atoms with E-state index < -0.39 is 0 Å². The van der Waals surface area contributed by atoms with E-state index in [1.165, 1.54) is 11.1 Å². The Morgan fingerprint density at radius 2 is 1.22 bits per heavy atom. The largest absolute Gasteiger partial charge is 0.412 e. The summed E-state index contributed by atoms with van der Waals surface area (Å²) in [6, 6.07) is 26.5. The first-order chi connectivity index (χ1) is 13.2. The number of hydrogen-bond donors (Lipinski definition) is 2. The normalized spacial score (nSPS) is 10.6. The minimum Gasteiger partial charge on any atom is -0.412 e. The number of nitrogens with one attached hydrogen (secondary N) is 2. The SMILES string of the molecule is Cc1ccc(Nc2nc(-c3ccccc3)[n-]c2Nc2ccc(C)cc2)cc1. The number of aryl methyl sites for hydroxylation is 2. The second-order valence-electron chi connectivity index (χ2n) is 6.59. The van der Waals surface area contributed by atoms with Gasteiger partial charge in [0.25, 0.3) is 0 Å². The molecule has 4 heteroatoms. The van der Waals surface area contributed by atoms with Crippen molar-refractivity contribution >= 4 is 23.0 Å². The molecule has 134 valence electrons. The highest BCUT2D eigenvalue weighted by Crippen LogP contribution is 2.29. The standard InChI is InChI=1S/C23H21N4/c1-16-8-12-19(13-9-16)24-22-23(25-20-14-10-17(2)11-15-20)27-21(26-22)18-6-4-3-5-7-18/h3-15,24-25H,1-2H3/q-1. The second kappa shape index (κ2) is 7.38. The quantitative estimate of drug-likeness (QED) is 0.475. The van der Waals surface area contributed by atoms with Crippen LogP contribution in [-0.4, -0.2) is 4.98 Å². The number of imidazole rings is 1. The highest BCUT2D eigenvalue weighted by Gasteiger charge is 2.05. The zero-order valence-corrected chi connectivity index (χ0v) is 15.4. The molecular formula is C23H21N4-. The summed E-state index contributed by atoms with van der Waals surface area (Å²) in [7, 11) is 0. The van der Waals surface area contributed by atoms with Crippen LogP contribution >= 0.6 is 0 Å². The summed E-state index contributed by atoms with van der Waals surface area (Å²) in [5.41, 5.74) is 5.38. The fraction of sp³-hybridized carbons (Fsp3) is 0.0870. The van der Waals surface area contributed by atoms with Gasteiger partial charge in [0.1, 0.15) is 0 Å². The van der Waals surface area contributed by atoms with Gasteiger partial charge in [-0.05, 0) is 37.2 Å². The summed E-state index contributed by atoms with van der Waals surface area (Å²) >= 11 is 0. The molecule has 0 saturated heterocycles.